The minimum Gasteiger partial charge on any atom is -0.466 e. The molecule has 0 saturated heterocycles. The molecule has 84 valence electrons. The fourth-order valence-corrected chi connectivity index (χ4v) is 1.75. The van der Waals surface area contributed by atoms with Crippen LogP contribution in [0.4, 0.5) is 4.39 Å². The highest BCUT2D eigenvalue weighted by molar-refractivity contribution is 6.31. The summed E-state index contributed by atoms with van der Waals surface area (Å²) in [6.45, 7) is 1.80. The average molecular weight is 241 g/mol. The van der Waals surface area contributed by atoms with Gasteiger partial charge >= 0.3 is 0 Å². The Balaban J connectivity index is 2.45. The summed E-state index contributed by atoms with van der Waals surface area (Å²) in [6.07, 6.45) is 0.430. The van der Waals surface area contributed by atoms with Crippen LogP contribution in [0.5, 0.6) is 0 Å². The largest absolute Gasteiger partial charge is 0.466 e. The van der Waals surface area contributed by atoms with Gasteiger partial charge in [-0.3, -0.25) is 0 Å². The van der Waals surface area contributed by atoms with E-state index < -0.39 is 11.9 Å². The zero-order valence-corrected chi connectivity index (χ0v) is 9.33. The third-order valence-corrected chi connectivity index (χ3v) is 2.75. The maximum absolute atomic E-state index is 13.0. The van der Waals surface area contributed by atoms with Gasteiger partial charge in [-0.2, -0.15) is 0 Å². The van der Waals surface area contributed by atoms with Gasteiger partial charge in [0.2, 0.25) is 0 Å². The van der Waals surface area contributed by atoms with Crippen LogP contribution in [0.3, 0.4) is 0 Å². The van der Waals surface area contributed by atoms with Gasteiger partial charge in [-0.15, -0.1) is 0 Å². The van der Waals surface area contributed by atoms with Crippen molar-refractivity contribution in [3.05, 3.63) is 58.3 Å². The molecule has 0 saturated carbocycles. The number of benzene rings is 1. The van der Waals surface area contributed by atoms with Crippen LogP contribution in [-0.4, -0.2) is 5.11 Å². The lowest BCUT2D eigenvalue weighted by Gasteiger charge is -2.11. The van der Waals surface area contributed by atoms with E-state index in [0.29, 0.717) is 16.3 Å². The van der Waals surface area contributed by atoms with E-state index in [-0.39, 0.29) is 0 Å². The molecule has 0 amide bonds. The molecule has 1 atom stereocenters. The van der Waals surface area contributed by atoms with Crippen LogP contribution in [0.1, 0.15) is 23.0 Å². The molecule has 2 nitrogen and oxygen atoms in total. The van der Waals surface area contributed by atoms with Gasteiger partial charge in [-0.05, 0) is 36.8 Å². The first kappa shape index (κ1) is 11.2. The molecule has 2 rings (SSSR count). The summed E-state index contributed by atoms with van der Waals surface area (Å²) in [5, 5.41) is 10.3. The number of aliphatic hydroxyl groups is 1. The Bertz CT molecular complexity index is 507. The van der Waals surface area contributed by atoms with E-state index in [1.54, 1.807) is 13.0 Å². The second-order valence-electron chi connectivity index (χ2n) is 3.54. The van der Waals surface area contributed by atoms with Crippen molar-refractivity contribution in [3.63, 3.8) is 0 Å². The van der Waals surface area contributed by atoms with Crippen molar-refractivity contribution in [2.45, 2.75) is 13.0 Å². The van der Waals surface area contributed by atoms with Crippen molar-refractivity contribution in [3.8, 4) is 0 Å². The van der Waals surface area contributed by atoms with Crippen LogP contribution in [0, 0.1) is 12.7 Å². The number of furan rings is 1. The van der Waals surface area contributed by atoms with Crippen molar-refractivity contribution in [1.82, 2.24) is 0 Å². The highest BCUT2D eigenvalue weighted by Gasteiger charge is 2.19. The van der Waals surface area contributed by atoms with E-state index in [2.05, 4.69) is 0 Å². The molecule has 0 aliphatic carbocycles. The van der Waals surface area contributed by atoms with E-state index in [4.69, 9.17) is 16.0 Å². The molecule has 0 fully saturated rings. The molecule has 1 aromatic carbocycles. The first-order valence-corrected chi connectivity index (χ1v) is 5.14. The Kier molecular flexibility index (Phi) is 2.99. The molecule has 2 aromatic rings. The molecule has 0 radical (unpaired) electrons. The monoisotopic (exact) mass is 240 g/mol. The number of halogens is 2. The van der Waals surface area contributed by atoms with Gasteiger partial charge in [0.05, 0.1) is 6.26 Å². The van der Waals surface area contributed by atoms with E-state index in [9.17, 15) is 9.50 Å². The fraction of sp³-hybridized carbons (Fsp3) is 0.167. The Labute approximate surface area is 97.3 Å². The standard InChI is InChI=1S/C12H10ClFO2/c1-7-4-5-16-12(7)11(15)9-6-8(14)2-3-10(9)13/h2-6,11,15H,1H3. The summed E-state index contributed by atoms with van der Waals surface area (Å²) in [6, 6.07) is 5.59. The highest BCUT2D eigenvalue weighted by Crippen LogP contribution is 2.30. The van der Waals surface area contributed by atoms with Crippen molar-refractivity contribution < 1.29 is 13.9 Å². The van der Waals surface area contributed by atoms with Crippen LogP contribution in [0.25, 0.3) is 0 Å². The molecule has 0 aliphatic rings. The lowest BCUT2D eigenvalue weighted by Crippen LogP contribution is -2.01. The normalized spacial score (nSPS) is 12.8. The SMILES string of the molecule is Cc1ccoc1C(O)c1cc(F)ccc1Cl. The van der Waals surface area contributed by atoms with Crippen LogP contribution in [0.15, 0.2) is 34.9 Å². The number of rotatable bonds is 2. The lowest BCUT2D eigenvalue weighted by molar-refractivity contribution is 0.188. The van der Waals surface area contributed by atoms with Gasteiger partial charge in [0.1, 0.15) is 17.7 Å². The fourth-order valence-electron chi connectivity index (χ4n) is 1.53. The molecule has 1 unspecified atom stereocenters. The first-order valence-electron chi connectivity index (χ1n) is 4.76. The molecular weight excluding hydrogens is 231 g/mol. The topological polar surface area (TPSA) is 33.4 Å². The summed E-state index contributed by atoms with van der Waals surface area (Å²) in [7, 11) is 0. The number of hydrogen-bond donors (Lipinski definition) is 1. The van der Waals surface area contributed by atoms with Gasteiger partial charge in [0.25, 0.3) is 0 Å². The predicted molar refractivity (Wildman–Crippen MR) is 58.9 cm³/mol. The van der Waals surface area contributed by atoms with Crippen molar-refractivity contribution in [1.29, 1.82) is 0 Å². The van der Waals surface area contributed by atoms with Crippen LogP contribution in [-0.2, 0) is 0 Å². The molecule has 16 heavy (non-hydrogen) atoms. The Morgan fingerprint density at radius 2 is 2.12 bits per heavy atom. The Morgan fingerprint density at radius 3 is 2.75 bits per heavy atom. The molecule has 1 heterocycles. The third-order valence-electron chi connectivity index (χ3n) is 2.40. The summed E-state index contributed by atoms with van der Waals surface area (Å²) in [5.74, 6) is -0.0600. The number of aryl methyl sites for hydroxylation is 1. The van der Waals surface area contributed by atoms with E-state index in [0.717, 1.165) is 5.56 Å². The van der Waals surface area contributed by atoms with Gasteiger partial charge < -0.3 is 9.52 Å². The Hall–Kier alpha value is -1.32. The van der Waals surface area contributed by atoms with E-state index in [1.807, 2.05) is 0 Å². The average Bonchev–Trinajstić information content (AvgIpc) is 2.67. The Morgan fingerprint density at radius 1 is 1.38 bits per heavy atom. The highest BCUT2D eigenvalue weighted by atomic mass is 35.5. The lowest BCUT2D eigenvalue weighted by atomic mass is 10.0. The maximum atomic E-state index is 13.0. The summed E-state index contributed by atoms with van der Waals surface area (Å²) in [4.78, 5) is 0. The maximum Gasteiger partial charge on any atom is 0.139 e. The summed E-state index contributed by atoms with van der Waals surface area (Å²) in [5.41, 5.74) is 1.10. The van der Waals surface area contributed by atoms with Crippen molar-refractivity contribution in [2.75, 3.05) is 0 Å². The smallest absolute Gasteiger partial charge is 0.139 e. The number of hydrogen-bond acceptors (Lipinski definition) is 2. The predicted octanol–water partition coefficient (Wildman–Crippen LogP) is 3.46. The first-order chi connectivity index (χ1) is 7.59. The van der Waals surface area contributed by atoms with Crippen molar-refractivity contribution >= 4 is 11.6 Å². The van der Waals surface area contributed by atoms with Gasteiger partial charge in [-0.25, -0.2) is 4.39 Å². The van der Waals surface area contributed by atoms with Crippen LogP contribution in [0.2, 0.25) is 5.02 Å². The van der Waals surface area contributed by atoms with E-state index >= 15 is 0 Å². The second-order valence-corrected chi connectivity index (χ2v) is 3.94. The van der Waals surface area contributed by atoms with E-state index in [1.165, 1.54) is 24.5 Å². The molecule has 1 aromatic heterocycles. The van der Waals surface area contributed by atoms with Gasteiger partial charge in [-0.1, -0.05) is 11.6 Å². The quantitative estimate of drug-likeness (QED) is 0.872. The minimum absolute atomic E-state index is 0.305. The molecule has 0 bridgehead atoms. The third kappa shape index (κ3) is 1.96. The molecule has 1 N–H and O–H groups in total. The summed E-state index contributed by atoms with van der Waals surface area (Å²) < 4.78 is 18.2. The summed E-state index contributed by atoms with van der Waals surface area (Å²) >= 11 is 5.89. The zero-order chi connectivity index (χ0) is 11.7. The minimum atomic E-state index is -1.04. The second kappa shape index (κ2) is 4.28. The number of aliphatic hydroxyl groups excluding tert-OH is 1. The zero-order valence-electron chi connectivity index (χ0n) is 8.58. The van der Waals surface area contributed by atoms with Crippen LogP contribution >= 0.6 is 11.6 Å². The van der Waals surface area contributed by atoms with Gasteiger partial charge in [0.15, 0.2) is 0 Å². The molecular formula is C12H10ClFO2. The molecule has 4 heteroatoms. The molecule has 0 aliphatic heterocycles. The van der Waals surface area contributed by atoms with Crippen molar-refractivity contribution in [2.24, 2.45) is 0 Å². The molecule has 0 spiro atoms. The van der Waals surface area contributed by atoms with Gasteiger partial charge in [0, 0.05) is 10.6 Å². The van der Waals surface area contributed by atoms with Crippen LogP contribution < -0.4 is 0 Å².